The molecule has 1 rings (SSSR count). The summed E-state index contributed by atoms with van der Waals surface area (Å²) < 4.78 is 0.727. The minimum absolute atomic E-state index is 0.0412. The van der Waals surface area contributed by atoms with E-state index in [1.54, 1.807) is 12.1 Å². The molecular weight excluding hydrogens is 298 g/mol. The van der Waals surface area contributed by atoms with Crippen LogP contribution >= 0.6 is 15.9 Å². The summed E-state index contributed by atoms with van der Waals surface area (Å²) in [6, 6.07) is 5.00. The number of anilines is 1. The summed E-state index contributed by atoms with van der Waals surface area (Å²) in [6.45, 7) is 4.91. The SMILES string of the molecule is CC(C)(CCO)CNc1cc(Br)cc(C(=O)O)c1. The fourth-order valence-corrected chi connectivity index (χ4v) is 2.04. The van der Waals surface area contributed by atoms with Gasteiger partial charge in [-0.3, -0.25) is 0 Å². The van der Waals surface area contributed by atoms with Crippen LogP contribution in [0.2, 0.25) is 0 Å². The highest BCUT2D eigenvalue weighted by Crippen LogP contribution is 2.23. The van der Waals surface area contributed by atoms with Crippen LogP contribution in [0, 0.1) is 5.41 Å². The number of nitrogens with one attached hydrogen (secondary N) is 1. The van der Waals surface area contributed by atoms with E-state index >= 15 is 0 Å². The van der Waals surface area contributed by atoms with E-state index in [1.807, 2.05) is 19.9 Å². The molecule has 0 saturated heterocycles. The predicted octanol–water partition coefficient (Wildman–Crippen LogP) is 2.97. The first kappa shape index (κ1) is 15.0. The highest BCUT2D eigenvalue weighted by Gasteiger charge is 2.17. The number of aliphatic hydroxyl groups excluding tert-OH is 1. The Balaban J connectivity index is 2.76. The maximum Gasteiger partial charge on any atom is 0.335 e. The molecule has 0 fully saturated rings. The van der Waals surface area contributed by atoms with E-state index in [4.69, 9.17) is 10.2 Å². The van der Waals surface area contributed by atoms with Gasteiger partial charge < -0.3 is 15.5 Å². The standard InChI is InChI=1S/C13H18BrNO3/c1-13(2,3-4-16)8-15-11-6-9(12(17)18)5-10(14)7-11/h5-7,15-16H,3-4,8H2,1-2H3,(H,17,18). The lowest BCUT2D eigenvalue weighted by molar-refractivity contribution is 0.0697. The van der Waals surface area contributed by atoms with E-state index in [-0.39, 0.29) is 17.6 Å². The van der Waals surface area contributed by atoms with Crippen LogP contribution in [0.15, 0.2) is 22.7 Å². The quantitative estimate of drug-likeness (QED) is 0.755. The molecule has 0 atom stereocenters. The number of aliphatic hydroxyl groups is 1. The second kappa shape index (κ2) is 6.20. The van der Waals surface area contributed by atoms with Crippen molar-refractivity contribution in [2.45, 2.75) is 20.3 Å². The van der Waals surface area contributed by atoms with E-state index in [0.717, 1.165) is 10.2 Å². The average molecular weight is 316 g/mol. The highest BCUT2D eigenvalue weighted by molar-refractivity contribution is 9.10. The number of hydrogen-bond acceptors (Lipinski definition) is 3. The molecule has 0 amide bonds. The van der Waals surface area contributed by atoms with Crippen molar-refractivity contribution in [3.8, 4) is 0 Å². The van der Waals surface area contributed by atoms with Gasteiger partial charge in [-0.25, -0.2) is 4.79 Å². The number of carbonyl (C=O) groups is 1. The Hall–Kier alpha value is -1.07. The van der Waals surface area contributed by atoms with Crippen molar-refractivity contribution in [1.82, 2.24) is 0 Å². The van der Waals surface area contributed by atoms with Gasteiger partial charge in [0.25, 0.3) is 0 Å². The van der Waals surface area contributed by atoms with Crippen LogP contribution in [0.25, 0.3) is 0 Å². The van der Waals surface area contributed by atoms with Gasteiger partial charge in [0.05, 0.1) is 5.56 Å². The van der Waals surface area contributed by atoms with Gasteiger partial charge in [-0.15, -0.1) is 0 Å². The molecule has 0 aromatic heterocycles. The first-order valence-corrected chi connectivity index (χ1v) is 6.52. The van der Waals surface area contributed by atoms with Gasteiger partial charge in [-0.05, 0) is 30.0 Å². The van der Waals surface area contributed by atoms with Crippen molar-refractivity contribution in [3.63, 3.8) is 0 Å². The largest absolute Gasteiger partial charge is 0.478 e. The van der Waals surface area contributed by atoms with Gasteiger partial charge in [0.1, 0.15) is 0 Å². The highest BCUT2D eigenvalue weighted by atomic mass is 79.9. The van der Waals surface area contributed by atoms with Crippen molar-refractivity contribution in [2.75, 3.05) is 18.5 Å². The molecule has 18 heavy (non-hydrogen) atoms. The molecule has 0 bridgehead atoms. The van der Waals surface area contributed by atoms with Gasteiger partial charge in [-0.1, -0.05) is 29.8 Å². The smallest absolute Gasteiger partial charge is 0.335 e. The first-order valence-electron chi connectivity index (χ1n) is 5.73. The van der Waals surface area contributed by atoms with E-state index < -0.39 is 5.97 Å². The Kier molecular flexibility index (Phi) is 5.16. The third kappa shape index (κ3) is 4.66. The van der Waals surface area contributed by atoms with Crippen molar-refractivity contribution >= 4 is 27.6 Å². The summed E-state index contributed by atoms with van der Waals surface area (Å²) in [4.78, 5) is 10.9. The summed E-state index contributed by atoms with van der Waals surface area (Å²) in [5, 5.41) is 21.1. The van der Waals surface area contributed by atoms with Crippen LogP contribution in [0.3, 0.4) is 0 Å². The van der Waals surface area contributed by atoms with Crippen LogP contribution in [0.4, 0.5) is 5.69 Å². The lowest BCUT2D eigenvalue weighted by Gasteiger charge is -2.24. The van der Waals surface area contributed by atoms with Gasteiger partial charge in [0.15, 0.2) is 0 Å². The van der Waals surface area contributed by atoms with E-state index in [1.165, 1.54) is 0 Å². The Morgan fingerprint density at radius 1 is 1.39 bits per heavy atom. The molecule has 1 aromatic rings. The third-order valence-corrected chi connectivity index (χ3v) is 3.16. The van der Waals surface area contributed by atoms with Gasteiger partial charge in [0.2, 0.25) is 0 Å². The molecule has 1 aromatic carbocycles. The van der Waals surface area contributed by atoms with E-state index in [9.17, 15) is 4.79 Å². The zero-order chi connectivity index (χ0) is 13.8. The minimum atomic E-state index is -0.950. The molecule has 0 radical (unpaired) electrons. The lowest BCUT2D eigenvalue weighted by atomic mass is 9.89. The van der Waals surface area contributed by atoms with Crippen LogP contribution in [0.5, 0.6) is 0 Å². The molecular formula is C13H18BrNO3. The second-order valence-corrected chi connectivity index (χ2v) is 5.94. The van der Waals surface area contributed by atoms with Crippen molar-refractivity contribution in [3.05, 3.63) is 28.2 Å². The molecule has 0 saturated carbocycles. The van der Waals surface area contributed by atoms with Crippen molar-refractivity contribution < 1.29 is 15.0 Å². The van der Waals surface area contributed by atoms with Crippen molar-refractivity contribution in [1.29, 1.82) is 0 Å². The summed E-state index contributed by atoms with van der Waals surface area (Å²) in [5.74, 6) is -0.950. The van der Waals surface area contributed by atoms with Crippen LogP contribution < -0.4 is 5.32 Å². The number of hydrogen-bond donors (Lipinski definition) is 3. The summed E-state index contributed by atoms with van der Waals surface area (Å²) in [6.07, 6.45) is 0.694. The van der Waals surface area contributed by atoms with Crippen LogP contribution in [-0.4, -0.2) is 29.3 Å². The Labute approximate surface area is 115 Å². The Bertz CT molecular complexity index is 432. The maximum atomic E-state index is 10.9. The number of halogens is 1. The molecule has 0 aliphatic heterocycles. The first-order chi connectivity index (χ1) is 8.34. The average Bonchev–Trinajstić information content (AvgIpc) is 2.26. The molecule has 3 N–H and O–H groups in total. The summed E-state index contributed by atoms with van der Waals surface area (Å²) >= 11 is 3.29. The maximum absolute atomic E-state index is 10.9. The van der Waals surface area contributed by atoms with E-state index in [0.29, 0.717) is 13.0 Å². The minimum Gasteiger partial charge on any atom is -0.478 e. The number of carboxylic acids is 1. The van der Waals surface area contributed by atoms with Crippen LogP contribution in [0.1, 0.15) is 30.6 Å². The molecule has 4 nitrogen and oxygen atoms in total. The van der Waals surface area contributed by atoms with Crippen LogP contribution in [-0.2, 0) is 0 Å². The Morgan fingerprint density at radius 2 is 2.06 bits per heavy atom. The van der Waals surface area contributed by atoms with Gasteiger partial charge in [0, 0.05) is 23.3 Å². The number of benzene rings is 1. The molecule has 5 heteroatoms. The fourth-order valence-electron chi connectivity index (χ4n) is 1.55. The van der Waals surface area contributed by atoms with Gasteiger partial charge in [-0.2, -0.15) is 0 Å². The third-order valence-electron chi connectivity index (χ3n) is 2.70. The number of aromatic carboxylic acids is 1. The number of rotatable bonds is 6. The second-order valence-electron chi connectivity index (χ2n) is 5.03. The zero-order valence-corrected chi connectivity index (χ0v) is 12.1. The van der Waals surface area contributed by atoms with Crippen molar-refractivity contribution in [2.24, 2.45) is 5.41 Å². The van der Waals surface area contributed by atoms with E-state index in [2.05, 4.69) is 21.2 Å². The zero-order valence-electron chi connectivity index (χ0n) is 10.5. The lowest BCUT2D eigenvalue weighted by Crippen LogP contribution is -2.24. The summed E-state index contributed by atoms with van der Waals surface area (Å²) in [7, 11) is 0. The molecule has 0 spiro atoms. The fraction of sp³-hybridized carbons (Fsp3) is 0.462. The summed E-state index contributed by atoms with van der Waals surface area (Å²) in [5.41, 5.74) is 0.958. The monoisotopic (exact) mass is 315 g/mol. The normalized spacial score (nSPS) is 11.3. The Morgan fingerprint density at radius 3 is 2.61 bits per heavy atom. The molecule has 0 aliphatic carbocycles. The predicted molar refractivity (Wildman–Crippen MR) is 75.1 cm³/mol. The topological polar surface area (TPSA) is 69.6 Å². The van der Waals surface area contributed by atoms with Gasteiger partial charge >= 0.3 is 5.97 Å². The molecule has 0 aliphatic rings. The molecule has 100 valence electrons. The molecule has 0 unspecified atom stereocenters. The molecule has 0 heterocycles. The number of carboxylic acid groups (broad SMARTS) is 1.